The van der Waals surface area contributed by atoms with Crippen LogP contribution in [0.1, 0.15) is 27.6 Å². The number of ketones is 2. The van der Waals surface area contributed by atoms with Crippen molar-refractivity contribution in [3.05, 3.63) is 35.4 Å². The molecule has 0 spiro atoms. The molecule has 0 aromatic heterocycles. The number of hydrogen-bond acceptors (Lipinski definition) is 4. The number of nitrogens with zero attached hydrogens (tertiary/aromatic N) is 1. The Morgan fingerprint density at radius 3 is 2.24 bits per heavy atom. The summed E-state index contributed by atoms with van der Waals surface area (Å²) in [7, 11) is 0. The second kappa shape index (κ2) is 4.59. The number of benzene rings is 1. The first kappa shape index (κ1) is 11.7. The van der Waals surface area contributed by atoms with Gasteiger partial charge >= 0.3 is 0 Å². The van der Waals surface area contributed by atoms with Crippen molar-refractivity contribution in [1.82, 2.24) is 0 Å². The molecule has 0 saturated heterocycles. The summed E-state index contributed by atoms with van der Waals surface area (Å²) >= 11 is 0. The fraction of sp³-hybridized carbons (Fsp3) is 0.308. The molecule has 17 heavy (non-hydrogen) atoms. The second-order valence-corrected chi connectivity index (χ2v) is 3.95. The zero-order valence-corrected chi connectivity index (χ0v) is 9.51. The molecule has 4 nitrogen and oxygen atoms in total. The van der Waals surface area contributed by atoms with Crippen molar-refractivity contribution in [3.8, 4) is 0 Å². The second-order valence-electron chi connectivity index (χ2n) is 3.95. The van der Waals surface area contributed by atoms with Gasteiger partial charge < -0.3 is 5.11 Å². The Hall–Kier alpha value is -1.81. The van der Waals surface area contributed by atoms with E-state index in [1.807, 2.05) is 0 Å². The molecule has 1 aromatic rings. The molecule has 0 unspecified atom stereocenters. The minimum absolute atomic E-state index is 0.0839. The van der Waals surface area contributed by atoms with E-state index in [9.17, 15) is 9.59 Å². The molecule has 4 heteroatoms. The Balaban J connectivity index is 2.36. The summed E-state index contributed by atoms with van der Waals surface area (Å²) in [5, 5.41) is 8.69. The highest BCUT2D eigenvalue weighted by atomic mass is 16.3. The molecule has 0 saturated carbocycles. The monoisotopic (exact) mass is 231 g/mol. The van der Waals surface area contributed by atoms with E-state index in [2.05, 4.69) is 4.99 Å². The Morgan fingerprint density at radius 2 is 1.76 bits per heavy atom. The average molecular weight is 231 g/mol. The number of carbonyl (C=O) groups excluding carboxylic acids is 2. The Labute approximate surface area is 99.0 Å². The lowest BCUT2D eigenvalue weighted by molar-refractivity contribution is 0.0883. The van der Waals surface area contributed by atoms with E-state index in [0.717, 1.165) is 0 Å². The van der Waals surface area contributed by atoms with Gasteiger partial charge in [-0.05, 0) is 6.92 Å². The van der Waals surface area contributed by atoms with Crippen LogP contribution in [0.2, 0.25) is 0 Å². The number of carbonyl (C=O) groups is 2. The van der Waals surface area contributed by atoms with Crippen LogP contribution >= 0.6 is 0 Å². The molecule has 1 N–H and O–H groups in total. The number of Topliss-reactive ketones (excluding diaryl/α,β-unsaturated/α-hetero) is 2. The van der Waals surface area contributed by atoms with E-state index in [0.29, 0.717) is 16.8 Å². The molecule has 1 aromatic carbocycles. The van der Waals surface area contributed by atoms with Crippen LogP contribution in [0, 0.1) is 5.92 Å². The first-order chi connectivity index (χ1) is 8.16. The lowest BCUT2D eigenvalue weighted by Gasteiger charge is -2.05. The molecule has 0 amide bonds. The number of aliphatic hydroxyl groups excluding tert-OH is 1. The van der Waals surface area contributed by atoms with Crippen LogP contribution in [-0.2, 0) is 0 Å². The maximum absolute atomic E-state index is 12.0. The predicted molar refractivity (Wildman–Crippen MR) is 63.7 cm³/mol. The van der Waals surface area contributed by atoms with Crippen molar-refractivity contribution in [1.29, 1.82) is 0 Å². The van der Waals surface area contributed by atoms with E-state index in [1.54, 1.807) is 31.2 Å². The largest absolute Gasteiger partial charge is 0.394 e. The molecule has 0 fully saturated rings. The van der Waals surface area contributed by atoms with E-state index in [1.165, 1.54) is 0 Å². The number of rotatable bonds is 3. The number of aliphatic hydroxyl groups is 1. The van der Waals surface area contributed by atoms with Gasteiger partial charge in [-0.15, -0.1) is 0 Å². The van der Waals surface area contributed by atoms with E-state index >= 15 is 0 Å². The molecular weight excluding hydrogens is 218 g/mol. The van der Waals surface area contributed by atoms with Gasteiger partial charge in [0.25, 0.3) is 0 Å². The molecule has 0 bridgehead atoms. The van der Waals surface area contributed by atoms with Crippen molar-refractivity contribution < 1.29 is 14.7 Å². The summed E-state index contributed by atoms with van der Waals surface area (Å²) in [5.74, 6) is -1.17. The van der Waals surface area contributed by atoms with Gasteiger partial charge in [-0.2, -0.15) is 0 Å². The SMILES string of the molecule is CC(=NCCO)C1C(=O)c2ccccc2C1=O. The number of hydrogen-bond donors (Lipinski definition) is 1. The third-order valence-electron chi connectivity index (χ3n) is 2.86. The Bertz CT molecular complexity index is 470. The summed E-state index contributed by atoms with van der Waals surface area (Å²) in [4.78, 5) is 28.1. The van der Waals surface area contributed by atoms with Gasteiger partial charge in [0.05, 0.1) is 13.2 Å². The summed E-state index contributed by atoms with van der Waals surface area (Å²) in [5.41, 5.74) is 1.42. The molecular formula is C13H13NO3. The average Bonchev–Trinajstić information content (AvgIpc) is 2.60. The number of fused-ring (bicyclic) bond motifs is 1. The van der Waals surface area contributed by atoms with Gasteiger partial charge in [-0.25, -0.2) is 0 Å². The maximum Gasteiger partial charge on any atom is 0.180 e. The Kier molecular flexibility index (Phi) is 3.15. The minimum Gasteiger partial charge on any atom is -0.394 e. The summed E-state index contributed by atoms with van der Waals surface area (Å²) in [6, 6.07) is 6.81. The third kappa shape index (κ3) is 1.91. The smallest absolute Gasteiger partial charge is 0.180 e. The van der Waals surface area contributed by atoms with Crippen molar-refractivity contribution in [2.45, 2.75) is 6.92 Å². The van der Waals surface area contributed by atoms with Crippen LogP contribution in [0.4, 0.5) is 0 Å². The molecule has 0 radical (unpaired) electrons. The topological polar surface area (TPSA) is 66.7 Å². The molecule has 2 rings (SSSR count). The fourth-order valence-electron chi connectivity index (χ4n) is 2.04. The highest BCUT2D eigenvalue weighted by Gasteiger charge is 2.39. The van der Waals surface area contributed by atoms with Crippen LogP contribution in [0.3, 0.4) is 0 Å². The summed E-state index contributed by atoms with van der Waals surface area (Å²) in [6.07, 6.45) is 0. The quantitative estimate of drug-likeness (QED) is 0.626. The summed E-state index contributed by atoms with van der Waals surface area (Å²) < 4.78 is 0. The third-order valence-corrected chi connectivity index (χ3v) is 2.86. The van der Waals surface area contributed by atoms with Gasteiger partial charge in [0.15, 0.2) is 11.6 Å². The van der Waals surface area contributed by atoms with Crippen LogP contribution in [0.15, 0.2) is 29.3 Å². The van der Waals surface area contributed by atoms with Gasteiger partial charge in [0, 0.05) is 16.8 Å². The molecule has 0 heterocycles. The Morgan fingerprint density at radius 1 is 1.24 bits per heavy atom. The van der Waals surface area contributed by atoms with E-state index in [-0.39, 0.29) is 24.7 Å². The molecule has 88 valence electrons. The van der Waals surface area contributed by atoms with Crippen LogP contribution in [-0.4, -0.2) is 35.5 Å². The van der Waals surface area contributed by atoms with Gasteiger partial charge in [0.2, 0.25) is 0 Å². The first-order valence-corrected chi connectivity index (χ1v) is 5.46. The van der Waals surface area contributed by atoms with Crippen molar-refractivity contribution >= 4 is 17.3 Å². The molecule has 0 aliphatic heterocycles. The van der Waals surface area contributed by atoms with Gasteiger partial charge in [-0.3, -0.25) is 14.6 Å². The zero-order valence-electron chi connectivity index (χ0n) is 9.51. The van der Waals surface area contributed by atoms with Crippen LogP contribution in [0.5, 0.6) is 0 Å². The van der Waals surface area contributed by atoms with Crippen LogP contribution in [0.25, 0.3) is 0 Å². The van der Waals surface area contributed by atoms with Gasteiger partial charge in [-0.1, -0.05) is 24.3 Å². The zero-order chi connectivity index (χ0) is 12.4. The normalized spacial score (nSPS) is 16.5. The van der Waals surface area contributed by atoms with Gasteiger partial charge in [0.1, 0.15) is 5.92 Å². The standard InChI is InChI=1S/C13H13NO3/c1-8(14-6-7-15)11-12(16)9-4-2-3-5-10(9)13(11)17/h2-5,11,15H,6-7H2,1H3. The van der Waals surface area contributed by atoms with Crippen molar-refractivity contribution in [2.24, 2.45) is 10.9 Å². The number of aliphatic imine (C=N–C) groups is 1. The fourth-order valence-corrected chi connectivity index (χ4v) is 2.04. The van der Waals surface area contributed by atoms with E-state index in [4.69, 9.17) is 5.11 Å². The van der Waals surface area contributed by atoms with Crippen molar-refractivity contribution in [3.63, 3.8) is 0 Å². The predicted octanol–water partition coefficient (Wildman–Crippen LogP) is 1.14. The highest BCUT2D eigenvalue weighted by Crippen LogP contribution is 2.27. The molecule has 1 aliphatic rings. The molecule has 1 aliphatic carbocycles. The van der Waals surface area contributed by atoms with Crippen molar-refractivity contribution in [2.75, 3.05) is 13.2 Å². The molecule has 0 atom stereocenters. The maximum atomic E-state index is 12.0. The van der Waals surface area contributed by atoms with Crippen LogP contribution < -0.4 is 0 Å². The van der Waals surface area contributed by atoms with E-state index < -0.39 is 5.92 Å². The highest BCUT2D eigenvalue weighted by molar-refractivity contribution is 6.36. The first-order valence-electron chi connectivity index (χ1n) is 5.46. The minimum atomic E-state index is -0.793. The lowest BCUT2D eigenvalue weighted by Crippen LogP contribution is -2.23. The summed E-state index contributed by atoms with van der Waals surface area (Å²) in [6.45, 7) is 1.79. The lowest BCUT2D eigenvalue weighted by atomic mass is 9.99.